The molecule has 2 unspecified atom stereocenters. The molecular formula is C18H19N5O3. The van der Waals surface area contributed by atoms with E-state index in [0.717, 1.165) is 5.56 Å². The van der Waals surface area contributed by atoms with Crippen molar-refractivity contribution >= 4 is 11.8 Å². The molecule has 0 saturated carbocycles. The van der Waals surface area contributed by atoms with Gasteiger partial charge < -0.3 is 15.1 Å². The molecule has 2 N–H and O–H groups in total. The highest BCUT2D eigenvalue weighted by Crippen LogP contribution is 2.14. The summed E-state index contributed by atoms with van der Waals surface area (Å²) in [6.07, 6.45) is 5.77. The van der Waals surface area contributed by atoms with Crippen LogP contribution in [0.4, 0.5) is 0 Å². The maximum atomic E-state index is 12.6. The quantitative estimate of drug-likeness (QED) is 0.671. The molecule has 0 aliphatic carbocycles. The number of furan rings is 1. The minimum absolute atomic E-state index is 0.296. The van der Waals surface area contributed by atoms with Gasteiger partial charge >= 0.3 is 0 Å². The van der Waals surface area contributed by atoms with Gasteiger partial charge in [0.2, 0.25) is 5.91 Å². The molecule has 2 atom stereocenters. The second-order valence-corrected chi connectivity index (χ2v) is 5.80. The predicted molar refractivity (Wildman–Crippen MR) is 93.0 cm³/mol. The van der Waals surface area contributed by atoms with Crippen molar-refractivity contribution in [1.82, 2.24) is 25.4 Å². The number of amides is 2. The summed E-state index contributed by atoms with van der Waals surface area (Å²) in [5.41, 5.74) is 1.30. The van der Waals surface area contributed by atoms with Crippen LogP contribution in [0, 0.1) is 0 Å². The topological polar surface area (TPSA) is 102 Å². The molecule has 0 radical (unpaired) electrons. The first-order chi connectivity index (χ1) is 12.6. The molecule has 1 aromatic carbocycles. The zero-order valence-electron chi connectivity index (χ0n) is 14.2. The third-order valence-electron chi connectivity index (χ3n) is 3.88. The smallest absolute Gasteiger partial charge is 0.255 e. The highest BCUT2D eigenvalue weighted by atomic mass is 16.3. The molecule has 0 aliphatic heterocycles. The summed E-state index contributed by atoms with van der Waals surface area (Å²) in [7, 11) is 0. The predicted octanol–water partition coefficient (Wildman–Crippen LogP) is 1.55. The first-order valence-corrected chi connectivity index (χ1v) is 8.14. The Hall–Kier alpha value is -3.42. The van der Waals surface area contributed by atoms with Gasteiger partial charge in [0, 0.05) is 0 Å². The van der Waals surface area contributed by atoms with Crippen LogP contribution in [0.5, 0.6) is 0 Å². The number of carbonyl (C=O) groups is 2. The fraction of sp³-hybridized carbons (Fsp3) is 0.222. The summed E-state index contributed by atoms with van der Waals surface area (Å²) >= 11 is 0. The SMILES string of the molecule is CC(NC(=O)c1ccoc1)C(=O)NC(Cn1cncn1)c1ccccc1. The standard InChI is InChI=1S/C18H19N5O3/c1-13(21-18(25)15-7-8-26-10-15)17(24)22-16(9-23-12-19-11-20-23)14-5-3-2-4-6-14/h2-8,10-13,16H,9H2,1H3,(H,21,25)(H,22,24). The first kappa shape index (κ1) is 17.4. The number of nitrogens with zero attached hydrogens (tertiary/aromatic N) is 3. The van der Waals surface area contributed by atoms with Gasteiger partial charge in [-0.3, -0.25) is 14.3 Å². The maximum absolute atomic E-state index is 12.6. The molecule has 2 heterocycles. The third kappa shape index (κ3) is 4.35. The number of nitrogens with one attached hydrogen (secondary N) is 2. The van der Waals surface area contributed by atoms with Crippen molar-refractivity contribution in [2.45, 2.75) is 25.6 Å². The monoisotopic (exact) mass is 353 g/mol. The molecule has 2 aromatic heterocycles. The molecule has 0 bridgehead atoms. The average molecular weight is 353 g/mol. The molecule has 134 valence electrons. The lowest BCUT2D eigenvalue weighted by molar-refractivity contribution is -0.123. The van der Waals surface area contributed by atoms with Gasteiger partial charge in [0.1, 0.15) is 25.0 Å². The van der Waals surface area contributed by atoms with Crippen LogP contribution in [0.15, 0.2) is 66.0 Å². The van der Waals surface area contributed by atoms with Crippen LogP contribution in [0.3, 0.4) is 0 Å². The molecule has 3 aromatic rings. The van der Waals surface area contributed by atoms with Gasteiger partial charge in [0.25, 0.3) is 5.91 Å². The number of benzene rings is 1. The van der Waals surface area contributed by atoms with Crippen LogP contribution >= 0.6 is 0 Å². The summed E-state index contributed by atoms with van der Waals surface area (Å²) in [6.45, 7) is 2.06. The van der Waals surface area contributed by atoms with E-state index in [9.17, 15) is 9.59 Å². The zero-order valence-corrected chi connectivity index (χ0v) is 14.2. The van der Waals surface area contributed by atoms with Gasteiger partial charge in [0.15, 0.2) is 0 Å². The maximum Gasteiger partial charge on any atom is 0.255 e. The van der Waals surface area contributed by atoms with Gasteiger partial charge in [-0.05, 0) is 18.6 Å². The van der Waals surface area contributed by atoms with Crippen LogP contribution < -0.4 is 10.6 Å². The summed E-state index contributed by atoms with van der Waals surface area (Å²) < 4.78 is 6.53. The van der Waals surface area contributed by atoms with Gasteiger partial charge in [-0.1, -0.05) is 30.3 Å². The average Bonchev–Trinajstić information content (AvgIpc) is 3.35. The normalized spacial score (nSPS) is 13.0. The second-order valence-electron chi connectivity index (χ2n) is 5.80. The summed E-state index contributed by atoms with van der Waals surface area (Å²) in [6, 6.07) is 10.1. The van der Waals surface area contributed by atoms with Crippen LogP contribution in [0.2, 0.25) is 0 Å². The van der Waals surface area contributed by atoms with E-state index in [0.29, 0.717) is 12.1 Å². The van der Waals surface area contributed by atoms with E-state index in [1.165, 1.54) is 24.9 Å². The molecule has 8 nitrogen and oxygen atoms in total. The Labute approximate surface area is 150 Å². The summed E-state index contributed by atoms with van der Waals surface area (Å²) in [5.74, 6) is -0.662. The van der Waals surface area contributed by atoms with Crippen molar-refractivity contribution < 1.29 is 14.0 Å². The highest BCUT2D eigenvalue weighted by Gasteiger charge is 2.21. The summed E-state index contributed by atoms with van der Waals surface area (Å²) in [4.78, 5) is 28.5. The fourth-order valence-electron chi connectivity index (χ4n) is 2.47. The van der Waals surface area contributed by atoms with Crippen molar-refractivity contribution in [3.63, 3.8) is 0 Å². The lowest BCUT2D eigenvalue weighted by atomic mass is 10.1. The van der Waals surface area contributed by atoms with Gasteiger partial charge in [-0.15, -0.1) is 0 Å². The molecule has 8 heteroatoms. The van der Waals surface area contributed by atoms with Gasteiger partial charge in [-0.25, -0.2) is 4.98 Å². The molecular weight excluding hydrogens is 334 g/mol. The number of aromatic nitrogens is 3. The zero-order chi connectivity index (χ0) is 18.4. The molecule has 0 fully saturated rings. The molecule has 0 aliphatic rings. The van der Waals surface area contributed by atoms with E-state index in [1.54, 1.807) is 17.9 Å². The largest absolute Gasteiger partial charge is 0.472 e. The van der Waals surface area contributed by atoms with Gasteiger partial charge in [-0.2, -0.15) is 5.10 Å². The third-order valence-corrected chi connectivity index (χ3v) is 3.88. The van der Waals surface area contributed by atoms with Crippen molar-refractivity contribution in [3.05, 3.63) is 72.7 Å². The van der Waals surface area contributed by atoms with E-state index < -0.39 is 6.04 Å². The molecule has 0 saturated heterocycles. The van der Waals surface area contributed by atoms with Crippen LogP contribution in [0.25, 0.3) is 0 Å². The fourth-order valence-corrected chi connectivity index (χ4v) is 2.47. The number of hydrogen-bond donors (Lipinski definition) is 2. The molecule has 2 amide bonds. The molecule has 26 heavy (non-hydrogen) atoms. The van der Waals surface area contributed by atoms with E-state index >= 15 is 0 Å². The highest BCUT2D eigenvalue weighted by molar-refractivity contribution is 5.97. The van der Waals surface area contributed by atoms with E-state index in [1.807, 2.05) is 30.3 Å². The number of carbonyl (C=O) groups excluding carboxylic acids is 2. The van der Waals surface area contributed by atoms with Crippen LogP contribution in [-0.2, 0) is 11.3 Å². The van der Waals surface area contributed by atoms with Crippen LogP contribution in [-0.4, -0.2) is 32.6 Å². The van der Waals surface area contributed by atoms with E-state index in [2.05, 4.69) is 20.7 Å². The number of rotatable bonds is 7. The Kier molecular flexibility index (Phi) is 5.43. The van der Waals surface area contributed by atoms with Gasteiger partial charge in [0.05, 0.1) is 24.4 Å². The Morgan fingerprint density at radius 3 is 2.65 bits per heavy atom. The Balaban J connectivity index is 1.67. The lowest BCUT2D eigenvalue weighted by Gasteiger charge is -2.22. The van der Waals surface area contributed by atoms with E-state index in [4.69, 9.17) is 4.42 Å². The summed E-state index contributed by atoms with van der Waals surface area (Å²) in [5, 5.41) is 9.70. The molecule has 3 rings (SSSR count). The first-order valence-electron chi connectivity index (χ1n) is 8.14. The minimum atomic E-state index is -0.709. The second kappa shape index (κ2) is 8.11. The van der Waals surface area contributed by atoms with Crippen molar-refractivity contribution in [1.29, 1.82) is 0 Å². The van der Waals surface area contributed by atoms with E-state index in [-0.39, 0.29) is 17.9 Å². The molecule has 0 spiro atoms. The van der Waals surface area contributed by atoms with Crippen molar-refractivity contribution in [3.8, 4) is 0 Å². The Bertz CT molecular complexity index is 831. The van der Waals surface area contributed by atoms with Crippen LogP contribution in [0.1, 0.15) is 28.9 Å². The van der Waals surface area contributed by atoms with Crippen molar-refractivity contribution in [2.75, 3.05) is 0 Å². The Morgan fingerprint density at radius 2 is 2.00 bits per heavy atom. The minimum Gasteiger partial charge on any atom is -0.472 e. The lowest BCUT2D eigenvalue weighted by Crippen LogP contribution is -2.46. The van der Waals surface area contributed by atoms with Crippen molar-refractivity contribution in [2.24, 2.45) is 0 Å². The number of hydrogen-bond acceptors (Lipinski definition) is 5. The Morgan fingerprint density at radius 1 is 1.19 bits per heavy atom.